The molecule has 2 rings (SSSR count). The molecule has 1 aromatic rings. The SMILES string of the molecule is O=C1CN1Cc1ccccc1. The van der Waals surface area contributed by atoms with Gasteiger partial charge in [-0.3, -0.25) is 4.79 Å². The van der Waals surface area contributed by atoms with Gasteiger partial charge in [-0.2, -0.15) is 0 Å². The van der Waals surface area contributed by atoms with E-state index in [-0.39, 0.29) is 5.91 Å². The standard InChI is InChI=1S/C9H9NO/c11-9-7-10(9)6-8-4-2-1-3-5-8/h1-5H,6-7H2. The van der Waals surface area contributed by atoms with E-state index in [9.17, 15) is 4.79 Å². The lowest BCUT2D eigenvalue weighted by atomic mass is 10.2. The van der Waals surface area contributed by atoms with Crippen molar-refractivity contribution < 1.29 is 4.79 Å². The van der Waals surface area contributed by atoms with Gasteiger partial charge in [-0.1, -0.05) is 30.3 Å². The fourth-order valence-electron chi connectivity index (χ4n) is 1.08. The number of nitrogens with zero attached hydrogens (tertiary/aromatic N) is 1. The van der Waals surface area contributed by atoms with E-state index in [1.54, 1.807) is 0 Å². The number of amides is 1. The van der Waals surface area contributed by atoms with Gasteiger partial charge < -0.3 is 4.90 Å². The zero-order chi connectivity index (χ0) is 7.68. The van der Waals surface area contributed by atoms with Gasteiger partial charge in [-0.25, -0.2) is 0 Å². The molecule has 1 amide bonds. The summed E-state index contributed by atoms with van der Waals surface area (Å²) in [5.74, 6) is 0.258. The maximum atomic E-state index is 10.6. The molecule has 11 heavy (non-hydrogen) atoms. The molecule has 0 bridgehead atoms. The van der Waals surface area contributed by atoms with E-state index in [2.05, 4.69) is 0 Å². The zero-order valence-corrected chi connectivity index (χ0v) is 6.16. The Hall–Kier alpha value is -1.31. The first kappa shape index (κ1) is 6.40. The van der Waals surface area contributed by atoms with E-state index < -0.39 is 0 Å². The highest BCUT2D eigenvalue weighted by Crippen LogP contribution is 2.12. The summed E-state index contributed by atoms with van der Waals surface area (Å²) in [6.45, 7) is 1.41. The Morgan fingerprint density at radius 2 is 1.91 bits per heavy atom. The number of hydrogen-bond acceptors (Lipinski definition) is 1. The van der Waals surface area contributed by atoms with Gasteiger partial charge in [0.05, 0.1) is 0 Å². The molecule has 1 aliphatic heterocycles. The van der Waals surface area contributed by atoms with Crippen molar-refractivity contribution >= 4 is 5.91 Å². The highest BCUT2D eigenvalue weighted by Gasteiger charge is 2.28. The van der Waals surface area contributed by atoms with Gasteiger partial charge in [0.25, 0.3) is 0 Å². The third-order valence-corrected chi connectivity index (χ3v) is 1.79. The molecule has 1 aromatic carbocycles. The van der Waals surface area contributed by atoms with Gasteiger partial charge >= 0.3 is 0 Å². The van der Waals surface area contributed by atoms with Crippen molar-refractivity contribution in [3.8, 4) is 0 Å². The second kappa shape index (κ2) is 2.38. The normalized spacial score (nSPS) is 15.3. The monoisotopic (exact) mass is 147 g/mol. The van der Waals surface area contributed by atoms with Crippen LogP contribution in [0.1, 0.15) is 5.56 Å². The van der Waals surface area contributed by atoms with Crippen molar-refractivity contribution in [1.82, 2.24) is 4.90 Å². The van der Waals surface area contributed by atoms with Gasteiger partial charge in [-0.05, 0) is 5.56 Å². The van der Waals surface area contributed by atoms with E-state index in [0.717, 1.165) is 6.54 Å². The minimum atomic E-state index is 0.258. The van der Waals surface area contributed by atoms with Crippen LogP contribution in [0.15, 0.2) is 30.3 Å². The Morgan fingerprint density at radius 3 is 2.45 bits per heavy atom. The van der Waals surface area contributed by atoms with Crippen LogP contribution in [-0.2, 0) is 11.3 Å². The molecule has 0 atom stereocenters. The Bertz CT molecular complexity index is 268. The highest BCUT2D eigenvalue weighted by molar-refractivity contribution is 5.92. The minimum Gasteiger partial charge on any atom is -0.328 e. The third-order valence-electron chi connectivity index (χ3n) is 1.79. The van der Waals surface area contributed by atoms with E-state index >= 15 is 0 Å². The quantitative estimate of drug-likeness (QED) is 0.572. The first-order valence-electron chi connectivity index (χ1n) is 3.68. The summed E-state index contributed by atoms with van der Waals surface area (Å²) in [5.41, 5.74) is 1.21. The van der Waals surface area contributed by atoms with E-state index in [1.165, 1.54) is 5.56 Å². The summed E-state index contributed by atoms with van der Waals surface area (Å²) in [6, 6.07) is 10.0. The van der Waals surface area contributed by atoms with Crippen LogP contribution in [0.5, 0.6) is 0 Å². The molecule has 0 aromatic heterocycles. The summed E-state index contributed by atoms with van der Waals surface area (Å²) < 4.78 is 0. The van der Waals surface area contributed by atoms with E-state index in [1.807, 2.05) is 35.2 Å². The molecular weight excluding hydrogens is 138 g/mol. The molecule has 0 spiro atoms. The molecule has 1 fully saturated rings. The van der Waals surface area contributed by atoms with Crippen LogP contribution in [0, 0.1) is 0 Å². The molecule has 0 radical (unpaired) electrons. The summed E-state index contributed by atoms with van der Waals surface area (Å²) in [7, 11) is 0. The predicted molar refractivity (Wildman–Crippen MR) is 41.9 cm³/mol. The highest BCUT2D eigenvalue weighted by atomic mass is 16.2. The molecule has 0 saturated carbocycles. The fourth-order valence-corrected chi connectivity index (χ4v) is 1.08. The van der Waals surface area contributed by atoms with Crippen LogP contribution in [0.2, 0.25) is 0 Å². The van der Waals surface area contributed by atoms with Gasteiger partial charge in [0.2, 0.25) is 5.91 Å². The number of hydrogen-bond donors (Lipinski definition) is 0. The number of benzene rings is 1. The fraction of sp³-hybridized carbons (Fsp3) is 0.222. The van der Waals surface area contributed by atoms with E-state index in [0.29, 0.717) is 6.54 Å². The van der Waals surface area contributed by atoms with Gasteiger partial charge in [0, 0.05) is 6.54 Å². The molecule has 0 unspecified atom stereocenters. The molecule has 1 heterocycles. The van der Waals surface area contributed by atoms with Crippen LogP contribution < -0.4 is 0 Å². The lowest BCUT2D eigenvalue weighted by Crippen LogP contribution is -1.97. The third kappa shape index (κ3) is 1.40. The van der Waals surface area contributed by atoms with Crippen LogP contribution in [0.4, 0.5) is 0 Å². The summed E-state index contributed by atoms with van der Waals surface area (Å²) in [6.07, 6.45) is 0. The van der Waals surface area contributed by atoms with Gasteiger partial charge in [0.1, 0.15) is 6.54 Å². The van der Waals surface area contributed by atoms with Gasteiger partial charge in [0.15, 0.2) is 0 Å². The van der Waals surface area contributed by atoms with Crippen LogP contribution in [0.25, 0.3) is 0 Å². The Labute approximate surface area is 65.4 Å². The second-order valence-corrected chi connectivity index (χ2v) is 2.74. The molecule has 0 N–H and O–H groups in total. The Kier molecular flexibility index (Phi) is 1.39. The Balaban J connectivity index is 2.02. The number of rotatable bonds is 2. The van der Waals surface area contributed by atoms with Crippen molar-refractivity contribution in [3.63, 3.8) is 0 Å². The van der Waals surface area contributed by atoms with Crippen LogP contribution in [0.3, 0.4) is 0 Å². The van der Waals surface area contributed by atoms with Crippen molar-refractivity contribution in [3.05, 3.63) is 35.9 Å². The predicted octanol–water partition coefficient (Wildman–Crippen LogP) is 1.03. The molecule has 1 saturated heterocycles. The summed E-state index contributed by atoms with van der Waals surface area (Å²) >= 11 is 0. The smallest absolute Gasteiger partial charge is 0.242 e. The topological polar surface area (TPSA) is 20.1 Å². The largest absolute Gasteiger partial charge is 0.328 e. The van der Waals surface area contributed by atoms with Crippen molar-refractivity contribution in [2.75, 3.05) is 6.54 Å². The first-order chi connectivity index (χ1) is 5.36. The van der Waals surface area contributed by atoms with Crippen molar-refractivity contribution in [2.24, 2.45) is 0 Å². The van der Waals surface area contributed by atoms with Crippen LogP contribution >= 0.6 is 0 Å². The summed E-state index contributed by atoms with van der Waals surface area (Å²) in [4.78, 5) is 12.4. The maximum absolute atomic E-state index is 10.6. The number of carbonyl (C=O) groups is 1. The molecule has 1 aliphatic rings. The molecule has 2 heteroatoms. The summed E-state index contributed by atoms with van der Waals surface area (Å²) in [5, 5.41) is 0. The van der Waals surface area contributed by atoms with Gasteiger partial charge in [-0.15, -0.1) is 0 Å². The lowest BCUT2D eigenvalue weighted by Gasteiger charge is -1.98. The first-order valence-corrected chi connectivity index (χ1v) is 3.68. The maximum Gasteiger partial charge on any atom is 0.242 e. The molecule has 0 aliphatic carbocycles. The average molecular weight is 147 g/mol. The van der Waals surface area contributed by atoms with E-state index in [4.69, 9.17) is 0 Å². The number of carbonyl (C=O) groups excluding carboxylic acids is 1. The molecule has 56 valence electrons. The lowest BCUT2D eigenvalue weighted by molar-refractivity contribution is -0.113. The second-order valence-electron chi connectivity index (χ2n) is 2.74. The minimum absolute atomic E-state index is 0.258. The zero-order valence-electron chi connectivity index (χ0n) is 6.16. The average Bonchev–Trinajstić information content (AvgIpc) is 2.69. The molecular formula is C9H9NO. The Morgan fingerprint density at radius 1 is 1.27 bits per heavy atom. The van der Waals surface area contributed by atoms with Crippen molar-refractivity contribution in [2.45, 2.75) is 6.54 Å². The molecule has 2 nitrogen and oxygen atoms in total. The van der Waals surface area contributed by atoms with Crippen LogP contribution in [-0.4, -0.2) is 17.4 Å². The van der Waals surface area contributed by atoms with Crippen molar-refractivity contribution in [1.29, 1.82) is 0 Å².